The molecule has 0 bridgehead atoms. The normalized spacial score (nSPS) is 21.5. The number of nitrogens with one attached hydrogen (secondary N) is 2. The predicted molar refractivity (Wildman–Crippen MR) is 130 cm³/mol. The Kier molecular flexibility index (Phi) is 5.35. The van der Waals surface area contributed by atoms with Gasteiger partial charge in [0.1, 0.15) is 5.41 Å². The van der Waals surface area contributed by atoms with Gasteiger partial charge in [0.05, 0.1) is 23.5 Å². The zero-order chi connectivity index (χ0) is 23.2. The quantitative estimate of drug-likeness (QED) is 0.521. The van der Waals surface area contributed by atoms with Crippen molar-refractivity contribution >= 4 is 46.5 Å². The van der Waals surface area contributed by atoms with Crippen LogP contribution in [0.15, 0.2) is 84.0 Å². The van der Waals surface area contributed by atoms with Gasteiger partial charge in [-0.1, -0.05) is 65.7 Å². The molecule has 0 unspecified atom stereocenters. The van der Waals surface area contributed by atoms with Crippen molar-refractivity contribution < 1.29 is 9.59 Å². The van der Waals surface area contributed by atoms with Crippen molar-refractivity contribution in [2.45, 2.75) is 19.0 Å². The molecule has 33 heavy (non-hydrogen) atoms. The Bertz CT molecular complexity index is 1190. The van der Waals surface area contributed by atoms with E-state index in [9.17, 15) is 9.59 Å². The molecule has 1 spiro atoms. The molecule has 0 aromatic heterocycles. The van der Waals surface area contributed by atoms with Crippen LogP contribution in [0.4, 0.5) is 10.5 Å². The fourth-order valence-electron chi connectivity index (χ4n) is 4.72. The van der Waals surface area contributed by atoms with Crippen LogP contribution in [0.25, 0.3) is 0 Å². The second-order valence-electron chi connectivity index (χ2n) is 8.09. The van der Waals surface area contributed by atoms with Crippen molar-refractivity contribution in [3.05, 3.63) is 100 Å². The van der Waals surface area contributed by atoms with E-state index in [0.29, 0.717) is 21.4 Å². The molecule has 2 N–H and O–H groups in total. The summed E-state index contributed by atoms with van der Waals surface area (Å²) in [6.45, 7) is 1.83. The fraction of sp³-hybridized carbons (Fsp3) is 0.160. The molecule has 6 nitrogen and oxygen atoms in total. The molecule has 2 aliphatic heterocycles. The maximum absolute atomic E-state index is 14.3. The maximum atomic E-state index is 14.3. The first-order valence-corrected chi connectivity index (χ1v) is 11.2. The molecule has 0 aliphatic carbocycles. The average Bonchev–Trinajstić information content (AvgIpc) is 3.08. The van der Waals surface area contributed by atoms with Crippen LogP contribution in [0.3, 0.4) is 0 Å². The number of hydrogen-bond donors (Lipinski definition) is 2. The lowest BCUT2D eigenvalue weighted by Gasteiger charge is -2.46. The summed E-state index contributed by atoms with van der Waals surface area (Å²) in [7, 11) is 0. The number of rotatable bonds is 3. The van der Waals surface area contributed by atoms with Crippen LogP contribution in [0, 0.1) is 5.41 Å². The molecule has 2 heterocycles. The van der Waals surface area contributed by atoms with Gasteiger partial charge in [0.25, 0.3) is 5.91 Å². The first-order chi connectivity index (χ1) is 15.9. The second-order valence-corrected chi connectivity index (χ2v) is 8.97. The lowest BCUT2D eigenvalue weighted by Crippen LogP contribution is -2.63. The first-order valence-electron chi connectivity index (χ1n) is 10.4. The number of carbonyl (C=O) groups excluding carboxylic acids is 2. The third kappa shape index (κ3) is 3.46. The number of nitrogens with zero attached hydrogens (tertiary/aromatic N) is 2. The van der Waals surface area contributed by atoms with Crippen molar-refractivity contribution in [1.29, 1.82) is 0 Å². The van der Waals surface area contributed by atoms with Crippen LogP contribution in [-0.4, -0.2) is 17.6 Å². The molecule has 3 aromatic rings. The molecule has 0 radical (unpaired) electrons. The summed E-state index contributed by atoms with van der Waals surface area (Å²) in [5, 5.41) is 13.2. The summed E-state index contributed by atoms with van der Waals surface area (Å²) in [5.41, 5.74) is 1.53. The highest BCUT2D eigenvalue weighted by Gasteiger charge is 2.63. The molecule has 8 heteroatoms. The standard InChI is InChI=1S/C25H20Cl2N4O2/c1-15-25(23(32)31(30-15)20-5-3-2-4-6-20)21(16-7-11-18(26)12-8-16)28-24(33)29-22(25)17-9-13-19(27)14-10-17/h2-14,21-22H,1H3,(H2,28,29,33)/t21-,22-/m0/s1. The van der Waals surface area contributed by atoms with Gasteiger partial charge in [-0.25, -0.2) is 4.79 Å². The van der Waals surface area contributed by atoms with Gasteiger partial charge in [-0.05, 0) is 54.4 Å². The van der Waals surface area contributed by atoms with E-state index in [1.54, 1.807) is 24.3 Å². The highest BCUT2D eigenvalue weighted by molar-refractivity contribution is 6.31. The van der Waals surface area contributed by atoms with E-state index in [4.69, 9.17) is 23.2 Å². The van der Waals surface area contributed by atoms with E-state index >= 15 is 0 Å². The van der Waals surface area contributed by atoms with Gasteiger partial charge in [-0.3, -0.25) is 4.79 Å². The largest absolute Gasteiger partial charge is 0.330 e. The van der Waals surface area contributed by atoms with Gasteiger partial charge in [0.2, 0.25) is 0 Å². The third-order valence-electron chi connectivity index (χ3n) is 6.26. The molecule has 3 aromatic carbocycles. The minimum Gasteiger partial charge on any atom is -0.330 e. The zero-order valence-electron chi connectivity index (χ0n) is 17.6. The first kappa shape index (κ1) is 21.5. The van der Waals surface area contributed by atoms with Gasteiger partial charge in [0, 0.05) is 10.0 Å². The van der Waals surface area contributed by atoms with Crippen LogP contribution < -0.4 is 15.6 Å². The molecular weight excluding hydrogens is 459 g/mol. The number of hydrogen-bond acceptors (Lipinski definition) is 3. The number of anilines is 1. The van der Waals surface area contributed by atoms with Crippen LogP contribution in [-0.2, 0) is 4.79 Å². The Morgan fingerprint density at radius 2 is 1.27 bits per heavy atom. The van der Waals surface area contributed by atoms with E-state index in [1.807, 2.05) is 61.5 Å². The lowest BCUT2D eigenvalue weighted by molar-refractivity contribution is -0.127. The summed E-state index contributed by atoms with van der Waals surface area (Å²) < 4.78 is 0. The monoisotopic (exact) mass is 478 g/mol. The Morgan fingerprint density at radius 3 is 1.76 bits per heavy atom. The van der Waals surface area contributed by atoms with Crippen LogP contribution in [0.1, 0.15) is 30.1 Å². The topological polar surface area (TPSA) is 73.8 Å². The lowest BCUT2D eigenvalue weighted by atomic mass is 9.65. The van der Waals surface area contributed by atoms with Crippen LogP contribution in [0.5, 0.6) is 0 Å². The number of para-hydroxylation sites is 1. The molecule has 2 aliphatic rings. The molecule has 2 atom stereocenters. The van der Waals surface area contributed by atoms with E-state index in [1.165, 1.54) is 5.01 Å². The Morgan fingerprint density at radius 1 is 0.788 bits per heavy atom. The molecule has 1 fully saturated rings. The van der Waals surface area contributed by atoms with E-state index in [0.717, 1.165) is 11.1 Å². The van der Waals surface area contributed by atoms with Crippen molar-refractivity contribution in [2.24, 2.45) is 10.5 Å². The minimum atomic E-state index is -1.22. The number of benzene rings is 3. The van der Waals surface area contributed by atoms with E-state index in [-0.39, 0.29) is 11.9 Å². The zero-order valence-corrected chi connectivity index (χ0v) is 19.1. The van der Waals surface area contributed by atoms with Gasteiger partial charge in [0.15, 0.2) is 0 Å². The Balaban J connectivity index is 1.72. The van der Waals surface area contributed by atoms with Crippen molar-refractivity contribution in [3.8, 4) is 0 Å². The average molecular weight is 479 g/mol. The Labute approximate surface area is 201 Å². The minimum absolute atomic E-state index is 0.237. The second kappa shape index (κ2) is 8.21. The summed E-state index contributed by atoms with van der Waals surface area (Å²) >= 11 is 12.2. The number of urea groups is 1. The third-order valence-corrected chi connectivity index (χ3v) is 6.77. The van der Waals surface area contributed by atoms with Gasteiger partial charge in [-0.15, -0.1) is 0 Å². The number of carbonyl (C=O) groups is 2. The van der Waals surface area contributed by atoms with Gasteiger partial charge < -0.3 is 10.6 Å². The van der Waals surface area contributed by atoms with Crippen molar-refractivity contribution in [1.82, 2.24) is 10.6 Å². The smallest absolute Gasteiger partial charge is 0.315 e. The number of amides is 3. The molecule has 1 saturated heterocycles. The molecular formula is C25H20Cl2N4O2. The molecule has 5 rings (SSSR count). The van der Waals surface area contributed by atoms with Gasteiger partial charge >= 0.3 is 6.03 Å². The van der Waals surface area contributed by atoms with Crippen LogP contribution in [0.2, 0.25) is 10.0 Å². The van der Waals surface area contributed by atoms with E-state index < -0.39 is 17.5 Å². The van der Waals surface area contributed by atoms with Crippen LogP contribution >= 0.6 is 23.2 Å². The van der Waals surface area contributed by atoms with Gasteiger partial charge in [-0.2, -0.15) is 10.1 Å². The van der Waals surface area contributed by atoms with Crippen molar-refractivity contribution in [2.75, 3.05) is 5.01 Å². The summed E-state index contributed by atoms with van der Waals surface area (Å²) in [6.07, 6.45) is 0. The fourth-order valence-corrected chi connectivity index (χ4v) is 4.97. The maximum Gasteiger partial charge on any atom is 0.315 e. The number of hydrazone groups is 1. The molecule has 166 valence electrons. The molecule has 3 amide bonds. The predicted octanol–water partition coefficient (Wildman–Crippen LogP) is 5.50. The summed E-state index contributed by atoms with van der Waals surface area (Å²) in [5.74, 6) is -0.237. The summed E-state index contributed by atoms with van der Waals surface area (Å²) in [6, 6.07) is 21.8. The SMILES string of the molecule is CC1=NN(c2ccccc2)C(=O)C12[C@H](c1ccc(Cl)cc1)NC(=O)N[C@H]2c1ccc(Cl)cc1. The summed E-state index contributed by atoms with van der Waals surface area (Å²) in [4.78, 5) is 27.1. The highest BCUT2D eigenvalue weighted by Crippen LogP contribution is 2.52. The number of halogens is 2. The van der Waals surface area contributed by atoms with Crippen molar-refractivity contribution in [3.63, 3.8) is 0 Å². The highest BCUT2D eigenvalue weighted by atomic mass is 35.5. The Hall–Kier alpha value is -3.35. The molecule has 0 saturated carbocycles. The van der Waals surface area contributed by atoms with E-state index in [2.05, 4.69) is 15.7 Å².